The number of benzene rings is 1. The first-order valence-corrected chi connectivity index (χ1v) is 11.0. The number of imide groups is 1. The summed E-state index contributed by atoms with van der Waals surface area (Å²) < 4.78 is 6.23. The molecule has 4 rings (SSSR count). The number of nitrogens with one attached hydrogen (secondary N) is 2. The maximum atomic E-state index is 13.0. The third-order valence-electron chi connectivity index (χ3n) is 5.94. The Morgan fingerprint density at radius 3 is 2.43 bits per heavy atom. The molecule has 3 saturated heterocycles. The number of rotatable bonds is 4. The first kappa shape index (κ1) is 21.1. The molecule has 0 saturated carbocycles. The van der Waals surface area contributed by atoms with Crippen molar-refractivity contribution in [1.82, 2.24) is 15.5 Å². The molecule has 1 aromatic rings. The van der Waals surface area contributed by atoms with Gasteiger partial charge in [-0.25, -0.2) is 4.79 Å². The van der Waals surface area contributed by atoms with E-state index in [9.17, 15) is 14.4 Å². The number of carbonyl (C=O) groups is 3. The predicted molar refractivity (Wildman–Crippen MR) is 113 cm³/mol. The highest BCUT2D eigenvalue weighted by Crippen LogP contribution is 2.29. The molecule has 30 heavy (non-hydrogen) atoms. The van der Waals surface area contributed by atoms with Gasteiger partial charge in [0.15, 0.2) is 0 Å². The Morgan fingerprint density at radius 1 is 1.03 bits per heavy atom. The lowest BCUT2D eigenvalue weighted by molar-refractivity contribution is -0.120. The van der Waals surface area contributed by atoms with E-state index in [2.05, 4.69) is 10.6 Å². The van der Waals surface area contributed by atoms with Crippen LogP contribution in [0.3, 0.4) is 0 Å². The topological polar surface area (TPSA) is 91.0 Å². The number of urea groups is 1. The summed E-state index contributed by atoms with van der Waals surface area (Å²) in [6.07, 6.45) is 4.46. The highest BCUT2D eigenvalue weighted by molar-refractivity contribution is 6.34. The van der Waals surface area contributed by atoms with Gasteiger partial charge in [-0.1, -0.05) is 11.6 Å². The molecule has 0 radical (unpaired) electrons. The molecule has 1 aromatic carbocycles. The Balaban J connectivity index is 1.38. The molecule has 0 spiro atoms. The number of nitrogens with zero attached hydrogens (tertiary/aromatic N) is 2. The number of amides is 4. The number of ether oxygens (including phenoxy) is 1. The number of carbonyl (C=O) groups excluding carboxylic acids is 3. The quantitative estimate of drug-likeness (QED) is 0.757. The first-order chi connectivity index (χ1) is 14.5. The monoisotopic (exact) mass is 434 g/mol. The number of likely N-dealkylation sites (tertiary alicyclic amines) is 1. The molecule has 8 nitrogen and oxygen atoms in total. The molecule has 9 heteroatoms. The van der Waals surface area contributed by atoms with Crippen LogP contribution in [-0.4, -0.2) is 67.7 Å². The fourth-order valence-electron chi connectivity index (χ4n) is 4.23. The van der Waals surface area contributed by atoms with Crippen molar-refractivity contribution in [3.05, 3.63) is 28.8 Å². The Morgan fingerprint density at radius 2 is 1.73 bits per heavy atom. The summed E-state index contributed by atoms with van der Waals surface area (Å²) in [5, 5.41) is 5.99. The van der Waals surface area contributed by atoms with Gasteiger partial charge in [0.05, 0.1) is 22.9 Å². The third-order valence-corrected chi connectivity index (χ3v) is 6.26. The van der Waals surface area contributed by atoms with Crippen LogP contribution in [0.15, 0.2) is 18.2 Å². The maximum Gasteiger partial charge on any atom is 0.328 e. The fraction of sp³-hybridized carbons (Fsp3) is 0.571. The van der Waals surface area contributed by atoms with Crippen molar-refractivity contribution in [1.29, 1.82) is 0 Å². The molecular weight excluding hydrogens is 408 g/mol. The van der Waals surface area contributed by atoms with Gasteiger partial charge in [-0.2, -0.15) is 0 Å². The van der Waals surface area contributed by atoms with Crippen LogP contribution in [-0.2, 0) is 9.53 Å². The lowest BCUT2D eigenvalue weighted by atomic mass is 10.0. The van der Waals surface area contributed by atoms with Crippen molar-refractivity contribution in [2.45, 2.75) is 44.3 Å². The third kappa shape index (κ3) is 4.77. The number of anilines is 1. The molecular formula is C21H27ClN4O4. The van der Waals surface area contributed by atoms with Gasteiger partial charge in [0.1, 0.15) is 0 Å². The van der Waals surface area contributed by atoms with E-state index in [0.717, 1.165) is 38.8 Å². The van der Waals surface area contributed by atoms with Crippen LogP contribution in [0.25, 0.3) is 0 Å². The van der Waals surface area contributed by atoms with Gasteiger partial charge < -0.3 is 15.0 Å². The molecule has 3 aliphatic heterocycles. The van der Waals surface area contributed by atoms with Gasteiger partial charge in [-0.05, 0) is 57.0 Å². The smallest absolute Gasteiger partial charge is 0.328 e. The molecule has 0 aromatic heterocycles. The predicted octanol–water partition coefficient (Wildman–Crippen LogP) is 2.16. The van der Waals surface area contributed by atoms with Crippen LogP contribution < -0.4 is 15.5 Å². The summed E-state index contributed by atoms with van der Waals surface area (Å²) in [5.41, 5.74) is 0.925. The summed E-state index contributed by atoms with van der Waals surface area (Å²) in [6.45, 7) is 3.53. The Labute approximate surface area is 180 Å². The molecule has 2 N–H and O–H groups in total. The summed E-state index contributed by atoms with van der Waals surface area (Å²) in [7, 11) is 0. The van der Waals surface area contributed by atoms with Crippen molar-refractivity contribution < 1.29 is 19.1 Å². The van der Waals surface area contributed by atoms with E-state index in [1.165, 1.54) is 4.90 Å². The largest absolute Gasteiger partial charge is 0.375 e. The van der Waals surface area contributed by atoms with Crippen LogP contribution in [0.4, 0.5) is 10.5 Å². The average molecular weight is 435 g/mol. The summed E-state index contributed by atoms with van der Waals surface area (Å²) in [6, 6.07) is 4.42. The minimum atomic E-state index is -0.520. The van der Waals surface area contributed by atoms with Gasteiger partial charge in [0, 0.05) is 31.6 Å². The SMILES string of the molecule is O=C1CCN(c2cc(C(=O)N3CCC(OC4CCNCC4)CC3)ccc2Cl)C(=O)N1. The van der Waals surface area contributed by atoms with Gasteiger partial charge >= 0.3 is 6.03 Å². The second-order valence-electron chi connectivity index (χ2n) is 8.00. The van der Waals surface area contributed by atoms with E-state index < -0.39 is 6.03 Å². The van der Waals surface area contributed by atoms with E-state index in [0.29, 0.717) is 35.5 Å². The lowest BCUT2D eigenvalue weighted by Crippen LogP contribution is -2.49. The van der Waals surface area contributed by atoms with Crippen LogP contribution in [0, 0.1) is 0 Å². The zero-order chi connectivity index (χ0) is 21.1. The maximum absolute atomic E-state index is 13.0. The number of halogens is 1. The van der Waals surface area contributed by atoms with Crippen molar-refractivity contribution in [2.75, 3.05) is 37.6 Å². The second kappa shape index (κ2) is 9.32. The van der Waals surface area contributed by atoms with Crippen LogP contribution in [0.2, 0.25) is 5.02 Å². The highest BCUT2D eigenvalue weighted by atomic mass is 35.5. The minimum absolute atomic E-state index is 0.0817. The summed E-state index contributed by atoms with van der Waals surface area (Å²) in [5.74, 6) is -0.393. The van der Waals surface area contributed by atoms with Gasteiger partial charge in [0.2, 0.25) is 5.91 Å². The molecule has 0 bridgehead atoms. The zero-order valence-electron chi connectivity index (χ0n) is 16.9. The van der Waals surface area contributed by atoms with E-state index in [1.807, 2.05) is 4.90 Å². The molecule has 4 amide bonds. The second-order valence-corrected chi connectivity index (χ2v) is 8.41. The van der Waals surface area contributed by atoms with Crippen LogP contribution in [0.5, 0.6) is 0 Å². The molecule has 3 aliphatic rings. The van der Waals surface area contributed by atoms with Crippen molar-refractivity contribution >= 4 is 35.1 Å². The van der Waals surface area contributed by atoms with E-state index >= 15 is 0 Å². The van der Waals surface area contributed by atoms with E-state index in [4.69, 9.17) is 16.3 Å². The Bertz CT molecular complexity index is 819. The molecule has 0 aliphatic carbocycles. The zero-order valence-corrected chi connectivity index (χ0v) is 17.6. The van der Waals surface area contributed by atoms with Gasteiger partial charge in [0.25, 0.3) is 5.91 Å². The standard InChI is InChI=1S/C21H27ClN4O4/c22-17-2-1-14(13-18(17)26-12-7-19(27)24-21(26)29)20(28)25-10-5-16(6-11-25)30-15-3-8-23-9-4-15/h1-2,13,15-16,23H,3-12H2,(H,24,27,29). The highest BCUT2D eigenvalue weighted by Gasteiger charge is 2.29. The first-order valence-electron chi connectivity index (χ1n) is 10.6. The van der Waals surface area contributed by atoms with Crippen molar-refractivity contribution in [2.24, 2.45) is 0 Å². The Hall–Kier alpha value is -2.16. The molecule has 0 atom stereocenters. The van der Waals surface area contributed by atoms with Crippen molar-refractivity contribution in [3.8, 4) is 0 Å². The number of piperidine rings is 2. The average Bonchev–Trinajstić information content (AvgIpc) is 2.75. The van der Waals surface area contributed by atoms with Gasteiger partial charge in [-0.3, -0.25) is 19.8 Å². The number of hydrogen-bond donors (Lipinski definition) is 2. The minimum Gasteiger partial charge on any atom is -0.375 e. The van der Waals surface area contributed by atoms with E-state index in [-0.39, 0.29) is 30.9 Å². The molecule has 0 unspecified atom stereocenters. The fourth-order valence-corrected chi connectivity index (χ4v) is 4.45. The van der Waals surface area contributed by atoms with E-state index in [1.54, 1.807) is 18.2 Å². The lowest BCUT2D eigenvalue weighted by Gasteiger charge is -2.35. The summed E-state index contributed by atoms with van der Waals surface area (Å²) >= 11 is 6.28. The Kier molecular flexibility index (Phi) is 6.55. The summed E-state index contributed by atoms with van der Waals surface area (Å²) in [4.78, 5) is 39.8. The van der Waals surface area contributed by atoms with Crippen molar-refractivity contribution in [3.63, 3.8) is 0 Å². The molecule has 3 heterocycles. The number of hydrogen-bond acceptors (Lipinski definition) is 5. The van der Waals surface area contributed by atoms with Gasteiger partial charge in [-0.15, -0.1) is 0 Å². The van der Waals surface area contributed by atoms with Crippen LogP contribution >= 0.6 is 11.6 Å². The molecule has 162 valence electrons. The van der Waals surface area contributed by atoms with Crippen LogP contribution in [0.1, 0.15) is 42.5 Å². The molecule has 3 fully saturated rings. The normalized spacial score (nSPS) is 21.6.